The molecule has 1 fully saturated rings. The number of nitrogens with zero attached hydrogens (tertiary/aromatic N) is 3. The van der Waals surface area contributed by atoms with E-state index in [0.29, 0.717) is 0 Å². The van der Waals surface area contributed by atoms with Gasteiger partial charge >= 0.3 is 0 Å². The lowest BCUT2D eigenvalue weighted by molar-refractivity contribution is 0.211. The van der Waals surface area contributed by atoms with Crippen LogP contribution in [0.4, 0.5) is 0 Å². The van der Waals surface area contributed by atoms with Crippen LogP contribution >= 0.6 is 0 Å². The molecule has 45 heavy (non-hydrogen) atoms. The summed E-state index contributed by atoms with van der Waals surface area (Å²) < 4.78 is 15.4. The summed E-state index contributed by atoms with van der Waals surface area (Å²) in [6, 6.07) is 34.4. The first-order chi connectivity index (χ1) is 21.8. The molecule has 0 bridgehead atoms. The predicted octanol–water partition coefficient (Wildman–Crippen LogP) is 9.94. The van der Waals surface area contributed by atoms with Gasteiger partial charge in [0.05, 0.1) is 17.2 Å². The van der Waals surface area contributed by atoms with Crippen molar-refractivity contribution in [3.63, 3.8) is 0 Å². The molecular weight excluding hydrogens is 554 g/mol. The van der Waals surface area contributed by atoms with Crippen LogP contribution in [0.25, 0.3) is 38.8 Å². The first-order valence-corrected chi connectivity index (χ1v) is 16.0. The van der Waals surface area contributed by atoms with Gasteiger partial charge in [0.25, 0.3) is 0 Å². The maximum Gasteiger partial charge on any atom is 0.216 e. The normalized spacial score (nSPS) is 17.8. The molecule has 4 aromatic carbocycles. The van der Waals surface area contributed by atoms with Crippen molar-refractivity contribution in [1.82, 2.24) is 9.55 Å². The molecule has 0 amide bonds. The number of hydrogen-bond donors (Lipinski definition) is 0. The third-order valence-corrected chi connectivity index (χ3v) is 9.16. The third-order valence-electron chi connectivity index (χ3n) is 9.16. The van der Waals surface area contributed by atoms with Crippen molar-refractivity contribution in [2.45, 2.75) is 64.5 Å². The van der Waals surface area contributed by atoms with Crippen molar-refractivity contribution in [2.24, 2.45) is 4.99 Å². The molecule has 5 heteroatoms. The summed E-state index contributed by atoms with van der Waals surface area (Å²) in [7, 11) is 0. The molecule has 0 saturated heterocycles. The fraction of sp³-hybridized carbons (Fsp3) is 0.250. The van der Waals surface area contributed by atoms with Gasteiger partial charge in [-0.05, 0) is 103 Å². The van der Waals surface area contributed by atoms with E-state index in [1.165, 1.54) is 22.9 Å². The van der Waals surface area contributed by atoms with Crippen LogP contribution in [-0.4, -0.2) is 27.6 Å². The van der Waals surface area contributed by atoms with E-state index in [-0.39, 0.29) is 17.6 Å². The zero-order chi connectivity index (χ0) is 30.7. The van der Waals surface area contributed by atoms with Crippen LogP contribution in [0.1, 0.15) is 56.7 Å². The molecule has 0 spiro atoms. The van der Waals surface area contributed by atoms with Crippen molar-refractivity contribution in [2.75, 3.05) is 0 Å². The average molecular weight is 592 g/mol. The Labute approximate surface area is 264 Å². The summed E-state index contributed by atoms with van der Waals surface area (Å²) in [4.78, 5) is 9.84. The largest absolute Gasteiger partial charge is 0.472 e. The molecule has 2 aliphatic rings. The highest BCUT2D eigenvalue weighted by atomic mass is 16.5. The van der Waals surface area contributed by atoms with Gasteiger partial charge < -0.3 is 9.47 Å². The van der Waals surface area contributed by atoms with Crippen molar-refractivity contribution >= 4 is 27.8 Å². The summed E-state index contributed by atoms with van der Waals surface area (Å²) in [6.45, 7) is 8.86. The number of ether oxygens (including phenoxy) is 2. The molecule has 5 nitrogen and oxygen atoms in total. The fourth-order valence-electron chi connectivity index (χ4n) is 6.80. The Balaban J connectivity index is 1.27. The van der Waals surface area contributed by atoms with E-state index in [4.69, 9.17) is 19.5 Å². The van der Waals surface area contributed by atoms with Gasteiger partial charge in [-0.3, -0.25) is 4.57 Å². The minimum Gasteiger partial charge on any atom is -0.472 e. The van der Waals surface area contributed by atoms with Crippen LogP contribution < -0.4 is 4.74 Å². The summed E-state index contributed by atoms with van der Waals surface area (Å²) in [5.74, 6) is 2.25. The maximum atomic E-state index is 6.81. The van der Waals surface area contributed by atoms with Gasteiger partial charge in [-0.15, -0.1) is 0 Å². The molecule has 0 unspecified atom stereocenters. The number of pyridine rings is 1. The van der Waals surface area contributed by atoms with Crippen LogP contribution in [0.15, 0.2) is 108 Å². The van der Waals surface area contributed by atoms with Crippen molar-refractivity contribution in [3.05, 3.63) is 120 Å². The van der Waals surface area contributed by atoms with Gasteiger partial charge in [0.1, 0.15) is 23.3 Å². The Kier molecular flexibility index (Phi) is 6.52. The Hall–Kier alpha value is -4.90. The van der Waals surface area contributed by atoms with E-state index in [9.17, 15) is 0 Å². The lowest BCUT2D eigenvalue weighted by atomic mass is 9.86. The topological polar surface area (TPSA) is 48.6 Å². The van der Waals surface area contributed by atoms with E-state index < -0.39 is 0 Å². The van der Waals surface area contributed by atoms with Crippen LogP contribution in [0.2, 0.25) is 0 Å². The van der Waals surface area contributed by atoms with Gasteiger partial charge in [-0.1, -0.05) is 62.7 Å². The van der Waals surface area contributed by atoms with Crippen molar-refractivity contribution in [3.8, 4) is 28.3 Å². The zero-order valence-corrected chi connectivity index (χ0v) is 26.2. The molecule has 0 radical (unpaired) electrons. The van der Waals surface area contributed by atoms with Crippen LogP contribution in [0.5, 0.6) is 11.5 Å². The minimum atomic E-state index is -0.0991. The molecule has 6 aromatic rings. The van der Waals surface area contributed by atoms with E-state index in [0.717, 1.165) is 69.2 Å². The standard InChI is InChI=1S/C40H37N3O2/c1-25-15-16-36-34(18-25)33-12-9-17-41-38(33)43(36)30-22-29(40(2,3)4)23-32(24-30)44-31-20-27(26-10-6-5-7-11-26)19-28(21-31)39-42-35-13-8-14-37(35)45-39/h5-7,9-12,15-24,35,37H,8,13-14H2,1-4H3/t35-,37+/m1/s1. The number of fused-ring (bicyclic) bond motifs is 4. The van der Waals surface area contributed by atoms with E-state index in [1.807, 2.05) is 18.3 Å². The quantitative estimate of drug-likeness (QED) is 0.200. The van der Waals surface area contributed by atoms with Gasteiger partial charge in [0.2, 0.25) is 5.90 Å². The predicted molar refractivity (Wildman–Crippen MR) is 183 cm³/mol. The molecule has 3 heterocycles. The Morgan fingerprint density at radius 1 is 0.778 bits per heavy atom. The van der Waals surface area contributed by atoms with Crippen LogP contribution in [0.3, 0.4) is 0 Å². The van der Waals surface area contributed by atoms with E-state index in [2.05, 4.69) is 117 Å². The van der Waals surface area contributed by atoms with Gasteiger partial charge in [0, 0.05) is 28.6 Å². The molecule has 1 aliphatic heterocycles. The molecular formula is C40H37N3O2. The Morgan fingerprint density at radius 3 is 2.42 bits per heavy atom. The van der Waals surface area contributed by atoms with Crippen LogP contribution in [0, 0.1) is 6.92 Å². The minimum absolute atomic E-state index is 0.0991. The second-order valence-electron chi connectivity index (χ2n) is 13.5. The highest BCUT2D eigenvalue weighted by Gasteiger charge is 2.35. The molecule has 224 valence electrons. The summed E-state index contributed by atoms with van der Waals surface area (Å²) in [6.07, 6.45) is 5.40. The summed E-state index contributed by atoms with van der Waals surface area (Å²) >= 11 is 0. The SMILES string of the molecule is Cc1ccc2c(c1)c1cccnc1n2-c1cc(Oc2cc(C3=N[C@@H]4CCC[C@@H]4O3)cc(-c3ccccc3)c2)cc(C(C)(C)C)c1. The smallest absolute Gasteiger partial charge is 0.216 e. The number of aliphatic imine (C=N–C) groups is 1. The molecule has 8 rings (SSSR count). The van der Waals surface area contributed by atoms with Gasteiger partial charge in [0.15, 0.2) is 0 Å². The first-order valence-electron chi connectivity index (χ1n) is 16.0. The van der Waals surface area contributed by atoms with E-state index >= 15 is 0 Å². The number of aryl methyl sites for hydroxylation is 1. The summed E-state index contributed by atoms with van der Waals surface area (Å²) in [5.41, 5.74) is 8.55. The number of benzene rings is 4. The van der Waals surface area contributed by atoms with Gasteiger partial charge in [-0.2, -0.15) is 0 Å². The third kappa shape index (κ3) is 5.06. The second kappa shape index (κ2) is 10.6. The van der Waals surface area contributed by atoms with Crippen molar-refractivity contribution < 1.29 is 9.47 Å². The zero-order valence-electron chi connectivity index (χ0n) is 26.2. The highest BCUT2D eigenvalue weighted by molar-refractivity contribution is 6.08. The fourth-order valence-corrected chi connectivity index (χ4v) is 6.80. The number of rotatable bonds is 5. The van der Waals surface area contributed by atoms with Gasteiger partial charge in [-0.25, -0.2) is 9.98 Å². The molecule has 1 aliphatic carbocycles. The number of aromatic nitrogens is 2. The Bertz CT molecular complexity index is 2100. The summed E-state index contributed by atoms with van der Waals surface area (Å²) in [5, 5.41) is 2.34. The molecule has 0 N–H and O–H groups in total. The lowest BCUT2D eigenvalue weighted by Gasteiger charge is -2.22. The molecule has 2 atom stereocenters. The monoisotopic (exact) mass is 591 g/mol. The number of hydrogen-bond acceptors (Lipinski definition) is 4. The molecule has 1 saturated carbocycles. The van der Waals surface area contributed by atoms with Crippen LogP contribution in [-0.2, 0) is 10.2 Å². The molecule has 2 aromatic heterocycles. The van der Waals surface area contributed by atoms with Crippen molar-refractivity contribution in [1.29, 1.82) is 0 Å². The Morgan fingerprint density at radius 2 is 1.60 bits per heavy atom. The van der Waals surface area contributed by atoms with E-state index in [1.54, 1.807) is 0 Å². The lowest BCUT2D eigenvalue weighted by Crippen LogP contribution is -2.15. The second-order valence-corrected chi connectivity index (χ2v) is 13.5. The average Bonchev–Trinajstić information content (AvgIpc) is 3.73. The first kappa shape index (κ1) is 27.6. The maximum absolute atomic E-state index is 6.81. The highest BCUT2D eigenvalue weighted by Crippen LogP contribution is 2.38.